The molecule has 0 amide bonds. The van der Waals surface area contributed by atoms with Crippen LogP contribution in [0.25, 0.3) is 0 Å². The van der Waals surface area contributed by atoms with E-state index in [1.165, 1.54) is 10.4 Å². The van der Waals surface area contributed by atoms with Gasteiger partial charge < -0.3 is 5.32 Å². The Bertz CT molecular complexity index is 465. The molecule has 19 heavy (non-hydrogen) atoms. The molecule has 0 aliphatic carbocycles. The molecule has 0 aliphatic heterocycles. The fraction of sp³-hybridized carbons (Fsp3) is 0.400. The van der Waals surface area contributed by atoms with Crippen LogP contribution >= 0.6 is 11.3 Å². The number of aromatic nitrogens is 1. The number of nitrogens with one attached hydrogen (secondary N) is 1. The van der Waals surface area contributed by atoms with E-state index in [0.717, 1.165) is 32.0 Å². The summed E-state index contributed by atoms with van der Waals surface area (Å²) in [6.07, 6.45) is 1.97. The molecule has 2 aromatic rings. The molecule has 0 saturated carbocycles. The van der Waals surface area contributed by atoms with E-state index in [0.29, 0.717) is 0 Å². The highest BCUT2D eigenvalue weighted by Gasteiger charge is 2.06. The Balaban J connectivity index is 1.94. The lowest BCUT2D eigenvalue weighted by Crippen LogP contribution is -2.21. The first-order valence-electron chi connectivity index (χ1n) is 6.75. The van der Waals surface area contributed by atoms with Crippen LogP contribution in [-0.2, 0) is 13.1 Å². The molecule has 0 bridgehead atoms. The van der Waals surface area contributed by atoms with E-state index in [2.05, 4.69) is 58.7 Å². The third-order valence-electron chi connectivity index (χ3n) is 3.00. The second kappa shape index (κ2) is 7.26. The summed E-state index contributed by atoms with van der Waals surface area (Å²) in [6, 6.07) is 8.51. The molecule has 0 unspecified atom stereocenters. The molecule has 0 saturated heterocycles. The lowest BCUT2D eigenvalue weighted by Gasteiger charge is -2.19. The molecule has 2 aromatic heterocycles. The van der Waals surface area contributed by atoms with Crippen LogP contribution in [0.4, 0.5) is 5.82 Å². The zero-order valence-corrected chi connectivity index (χ0v) is 12.4. The van der Waals surface area contributed by atoms with Crippen LogP contribution < -0.4 is 5.32 Å². The van der Waals surface area contributed by atoms with Gasteiger partial charge in [-0.15, -0.1) is 11.3 Å². The van der Waals surface area contributed by atoms with Gasteiger partial charge in [0, 0.05) is 30.7 Å². The highest BCUT2D eigenvalue weighted by Crippen LogP contribution is 2.14. The SMILES string of the molecule is CCNc1ccc(CN(CC)Cc2cccs2)cn1. The first-order chi connectivity index (χ1) is 9.31. The van der Waals surface area contributed by atoms with Crippen molar-refractivity contribution in [2.24, 2.45) is 0 Å². The Labute approximate surface area is 119 Å². The van der Waals surface area contributed by atoms with Crippen molar-refractivity contribution in [3.05, 3.63) is 46.3 Å². The van der Waals surface area contributed by atoms with E-state index >= 15 is 0 Å². The number of hydrogen-bond donors (Lipinski definition) is 1. The number of nitrogens with zero attached hydrogens (tertiary/aromatic N) is 2. The van der Waals surface area contributed by atoms with Gasteiger partial charge >= 0.3 is 0 Å². The summed E-state index contributed by atoms with van der Waals surface area (Å²) in [6.45, 7) is 8.21. The Morgan fingerprint density at radius 1 is 1.21 bits per heavy atom. The molecular formula is C15H21N3S. The second-order valence-electron chi connectivity index (χ2n) is 4.46. The average Bonchev–Trinajstić information content (AvgIpc) is 2.93. The normalized spacial score (nSPS) is 10.9. The van der Waals surface area contributed by atoms with Crippen LogP contribution in [0, 0.1) is 0 Å². The zero-order chi connectivity index (χ0) is 13.5. The summed E-state index contributed by atoms with van der Waals surface area (Å²) in [7, 11) is 0. The van der Waals surface area contributed by atoms with Gasteiger partial charge in [0.15, 0.2) is 0 Å². The van der Waals surface area contributed by atoms with Gasteiger partial charge in [0.05, 0.1) is 0 Å². The third-order valence-corrected chi connectivity index (χ3v) is 3.86. The molecule has 0 aliphatic rings. The van der Waals surface area contributed by atoms with Crippen LogP contribution in [0.5, 0.6) is 0 Å². The number of anilines is 1. The molecule has 3 nitrogen and oxygen atoms in total. The van der Waals surface area contributed by atoms with E-state index < -0.39 is 0 Å². The molecule has 4 heteroatoms. The van der Waals surface area contributed by atoms with Crippen LogP contribution in [0.2, 0.25) is 0 Å². The van der Waals surface area contributed by atoms with Crippen molar-refractivity contribution in [3.63, 3.8) is 0 Å². The second-order valence-corrected chi connectivity index (χ2v) is 5.50. The van der Waals surface area contributed by atoms with Crippen molar-refractivity contribution in [2.75, 3.05) is 18.4 Å². The number of rotatable bonds is 7. The Hall–Kier alpha value is -1.39. The van der Waals surface area contributed by atoms with E-state index in [1.807, 2.05) is 17.5 Å². The molecule has 2 heterocycles. The van der Waals surface area contributed by atoms with E-state index in [9.17, 15) is 0 Å². The van der Waals surface area contributed by atoms with Gasteiger partial charge in [0.1, 0.15) is 5.82 Å². The van der Waals surface area contributed by atoms with E-state index in [-0.39, 0.29) is 0 Å². The van der Waals surface area contributed by atoms with E-state index in [4.69, 9.17) is 0 Å². The zero-order valence-electron chi connectivity index (χ0n) is 11.6. The summed E-state index contributed by atoms with van der Waals surface area (Å²) < 4.78 is 0. The number of thiophene rings is 1. The van der Waals surface area contributed by atoms with Gasteiger partial charge in [-0.1, -0.05) is 19.1 Å². The van der Waals surface area contributed by atoms with Gasteiger partial charge in [0.25, 0.3) is 0 Å². The van der Waals surface area contributed by atoms with Gasteiger partial charge in [-0.25, -0.2) is 4.98 Å². The van der Waals surface area contributed by atoms with Gasteiger partial charge in [0.2, 0.25) is 0 Å². The molecule has 0 spiro atoms. The molecule has 0 aromatic carbocycles. The fourth-order valence-electron chi connectivity index (χ4n) is 1.96. The van der Waals surface area contributed by atoms with E-state index in [1.54, 1.807) is 0 Å². The topological polar surface area (TPSA) is 28.2 Å². The molecule has 0 radical (unpaired) electrons. The van der Waals surface area contributed by atoms with Crippen molar-refractivity contribution < 1.29 is 0 Å². The van der Waals surface area contributed by atoms with Crippen molar-refractivity contribution in [2.45, 2.75) is 26.9 Å². The molecule has 2 rings (SSSR count). The maximum Gasteiger partial charge on any atom is 0.125 e. The predicted octanol–water partition coefficient (Wildman–Crippen LogP) is 3.60. The summed E-state index contributed by atoms with van der Waals surface area (Å²) in [4.78, 5) is 8.26. The minimum atomic E-state index is 0.909. The number of hydrogen-bond acceptors (Lipinski definition) is 4. The average molecular weight is 275 g/mol. The Morgan fingerprint density at radius 3 is 2.68 bits per heavy atom. The van der Waals surface area contributed by atoms with Crippen molar-refractivity contribution in [3.8, 4) is 0 Å². The molecule has 102 valence electrons. The lowest BCUT2D eigenvalue weighted by atomic mass is 10.2. The maximum atomic E-state index is 4.42. The quantitative estimate of drug-likeness (QED) is 0.837. The summed E-state index contributed by atoms with van der Waals surface area (Å²) >= 11 is 1.82. The molecule has 1 N–H and O–H groups in total. The Morgan fingerprint density at radius 2 is 2.11 bits per heavy atom. The highest BCUT2D eigenvalue weighted by atomic mass is 32.1. The first kappa shape index (κ1) is 14.0. The van der Waals surface area contributed by atoms with Crippen LogP contribution in [0.1, 0.15) is 24.3 Å². The standard InChI is InChI=1S/C15H21N3S/c1-3-16-15-8-7-13(10-17-15)11-18(4-2)12-14-6-5-9-19-14/h5-10H,3-4,11-12H2,1-2H3,(H,16,17). The van der Waals surface area contributed by atoms with Gasteiger partial charge in [-0.3, -0.25) is 4.90 Å². The molecule has 0 fully saturated rings. The molecular weight excluding hydrogens is 254 g/mol. The molecule has 0 atom stereocenters. The summed E-state index contributed by atoms with van der Waals surface area (Å²) in [5, 5.41) is 5.35. The smallest absolute Gasteiger partial charge is 0.125 e. The number of pyridine rings is 1. The van der Waals surface area contributed by atoms with Crippen molar-refractivity contribution in [1.29, 1.82) is 0 Å². The van der Waals surface area contributed by atoms with Crippen LogP contribution in [0.3, 0.4) is 0 Å². The van der Waals surface area contributed by atoms with Crippen molar-refractivity contribution in [1.82, 2.24) is 9.88 Å². The predicted molar refractivity (Wildman–Crippen MR) is 82.5 cm³/mol. The highest BCUT2D eigenvalue weighted by molar-refractivity contribution is 7.09. The van der Waals surface area contributed by atoms with Gasteiger partial charge in [-0.2, -0.15) is 0 Å². The maximum absolute atomic E-state index is 4.42. The monoisotopic (exact) mass is 275 g/mol. The van der Waals surface area contributed by atoms with Crippen molar-refractivity contribution >= 4 is 17.2 Å². The summed E-state index contributed by atoms with van der Waals surface area (Å²) in [5.74, 6) is 0.951. The largest absolute Gasteiger partial charge is 0.370 e. The Kier molecular flexibility index (Phi) is 5.36. The lowest BCUT2D eigenvalue weighted by molar-refractivity contribution is 0.273. The summed E-state index contributed by atoms with van der Waals surface area (Å²) in [5.41, 5.74) is 1.26. The first-order valence-corrected chi connectivity index (χ1v) is 7.63. The minimum Gasteiger partial charge on any atom is -0.370 e. The van der Waals surface area contributed by atoms with Crippen LogP contribution in [-0.4, -0.2) is 23.0 Å². The van der Waals surface area contributed by atoms with Crippen LogP contribution in [0.15, 0.2) is 35.8 Å². The third kappa shape index (κ3) is 4.33. The minimum absolute atomic E-state index is 0.909. The fourth-order valence-corrected chi connectivity index (χ4v) is 2.71. The van der Waals surface area contributed by atoms with Gasteiger partial charge in [-0.05, 0) is 36.5 Å².